The number of carbonyl (C=O) groups excluding carboxylic acids is 1. The number of nitrogens with one attached hydrogen (secondary N) is 1. The smallest absolute Gasteiger partial charge is 0.322 e. The van der Waals surface area contributed by atoms with E-state index in [-0.39, 0.29) is 16.7 Å². The summed E-state index contributed by atoms with van der Waals surface area (Å²) in [6.45, 7) is 8.32. The van der Waals surface area contributed by atoms with Gasteiger partial charge in [0, 0.05) is 18.7 Å². The third-order valence-corrected chi connectivity index (χ3v) is 5.68. The van der Waals surface area contributed by atoms with Crippen LogP contribution in [0.3, 0.4) is 0 Å². The summed E-state index contributed by atoms with van der Waals surface area (Å²) in [6, 6.07) is 4.30. The minimum absolute atomic E-state index is 0.0712. The SMILES string of the molecule is CC[C@H](C)[C@H](NS(=O)(=O)c1ccc(C(=O)N(CC)CC)cc1)C(=O)O. The lowest BCUT2D eigenvalue weighted by Gasteiger charge is -2.20. The molecule has 7 nitrogen and oxygen atoms in total. The Balaban J connectivity index is 3.04. The van der Waals surface area contributed by atoms with Gasteiger partial charge in [-0.05, 0) is 44.0 Å². The molecule has 0 radical (unpaired) electrons. The van der Waals surface area contributed by atoms with Crippen LogP contribution in [0.15, 0.2) is 29.2 Å². The van der Waals surface area contributed by atoms with Crippen LogP contribution in [0.25, 0.3) is 0 Å². The highest BCUT2D eigenvalue weighted by Crippen LogP contribution is 2.16. The molecule has 1 rings (SSSR count). The van der Waals surface area contributed by atoms with Crippen LogP contribution in [0, 0.1) is 5.92 Å². The van der Waals surface area contributed by atoms with E-state index in [9.17, 15) is 23.1 Å². The van der Waals surface area contributed by atoms with Gasteiger partial charge in [-0.15, -0.1) is 0 Å². The molecular formula is C17H26N2O5S. The Labute approximate surface area is 149 Å². The standard InChI is InChI=1S/C17H26N2O5S/c1-5-12(4)15(17(21)22)18-25(23,24)14-10-8-13(9-11-14)16(20)19(6-2)7-3/h8-12,15,18H,5-7H2,1-4H3,(H,21,22)/t12-,15-/m0/s1. The number of carboxylic acids is 1. The van der Waals surface area contributed by atoms with Crippen molar-refractivity contribution >= 4 is 21.9 Å². The number of carbonyl (C=O) groups is 2. The van der Waals surface area contributed by atoms with Gasteiger partial charge in [0.05, 0.1) is 4.90 Å². The molecule has 2 atom stereocenters. The Morgan fingerprint density at radius 2 is 1.64 bits per heavy atom. The average Bonchev–Trinajstić information content (AvgIpc) is 2.59. The van der Waals surface area contributed by atoms with Gasteiger partial charge in [-0.3, -0.25) is 9.59 Å². The molecule has 0 bridgehead atoms. The molecule has 140 valence electrons. The number of aliphatic carboxylic acids is 1. The number of nitrogens with zero attached hydrogens (tertiary/aromatic N) is 1. The Kier molecular flexibility index (Phi) is 7.57. The van der Waals surface area contributed by atoms with E-state index in [1.807, 2.05) is 13.8 Å². The number of hydrogen-bond donors (Lipinski definition) is 2. The summed E-state index contributed by atoms with van der Waals surface area (Å²) in [5.41, 5.74) is 0.388. The van der Waals surface area contributed by atoms with Crippen molar-refractivity contribution in [2.45, 2.75) is 45.1 Å². The molecule has 0 aliphatic heterocycles. The zero-order valence-electron chi connectivity index (χ0n) is 15.0. The molecule has 0 aromatic heterocycles. The fraction of sp³-hybridized carbons (Fsp3) is 0.529. The highest BCUT2D eigenvalue weighted by molar-refractivity contribution is 7.89. The fourth-order valence-corrected chi connectivity index (χ4v) is 3.65. The first-order chi connectivity index (χ1) is 11.7. The van der Waals surface area contributed by atoms with E-state index in [4.69, 9.17) is 0 Å². The van der Waals surface area contributed by atoms with E-state index >= 15 is 0 Å². The fourth-order valence-electron chi connectivity index (χ4n) is 2.35. The van der Waals surface area contributed by atoms with Crippen molar-refractivity contribution in [3.05, 3.63) is 29.8 Å². The van der Waals surface area contributed by atoms with Crippen LogP contribution in [0.5, 0.6) is 0 Å². The lowest BCUT2D eigenvalue weighted by atomic mass is 10.0. The summed E-state index contributed by atoms with van der Waals surface area (Å²) in [5.74, 6) is -1.74. The van der Waals surface area contributed by atoms with E-state index in [0.29, 0.717) is 25.1 Å². The van der Waals surface area contributed by atoms with Gasteiger partial charge in [-0.25, -0.2) is 8.42 Å². The van der Waals surface area contributed by atoms with Crippen LogP contribution < -0.4 is 4.72 Å². The highest BCUT2D eigenvalue weighted by atomic mass is 32.2. The Morgan fingerprint density at radius 1 is 1.12 bits per heavy atom. The number of hydrogen-bond acceptors (Lipinski definition) is 4. The van der Waals surface area contributed by atoms with Crippen molar-refractivity contribution in [2.75, 3.05) is 13.1 Å². The molecule has 0 aliphatic carbocycles. The van der Waals surface area contributed by atoms with Crippen LogP contribution in [0.2, 0.25) is 0 Å². The maximum absolute atomic E-state index is 12.4. The van der Waals surface area contributed by atoms with Crippen LogP contribution in [-0.2, 0) is 14.8 Å². The summed E-state index contributed by atoms with van der Waals surface area (Å²) in [6.07, 6.45) is 0.525. The quantitative estimate of drug-likeness (QED) is 0.691. The lowest BCUT2D eigenvalue weighted by molar-refractivity contribution is -0.140. The van der Waals surface area contributed by atoms with Crippen molar-refractivity contribution in [1.29, 1.82) is 0 Å². The normalized spacial score (nSPS) is 13.9. The Morgan fingerprint density at radius 3 is 2.04 bits per heavy atom. The van der Waals surface area contributed by atoms with Crippen molar-refractivity contribution in [1.82, 2.24) is 9.62 Å². The zero-order valence-corrected chi connectivity index (χ0v) is 15.8. The second kappa shape index (κ2) is 8.96. The summed E-state index contributed by atoms with van der Waals surface area (Å²) in [4.78, 5) is 25.1. The van der Waals surface area contributed by atoms with Crippen LogP contribution >= 0.6 is 0 Å². The topological polar surface area (TPSA) is 104 Å². The van der Waals surface area contributed by atoms with Gasteiger partial charge in [0.1, 0.15) is 6.04 Å². The van der Waals surface area contributed by atoms with Crippen LogP contribution in [-0.4, -0.2) is 49.4 Å². The average molecular weight is 370 g/mol. The summed E-state index contributed by atoms with van der Waals surface area (Å²) in [5, 5.41) is 9.24. The molecule has 1 aromatic carbocycles. The minimum atomic E-state index is -3.99. The van der Waals surface area contributed by atoms with Crippen molar-refractivity contribution in [2.24, 2.45) is 5.92 Å². The van der Waals surface area contributed by atoms with Crippen molar-refractivity contribution in [3.63, 3.8) is 0 Å². The monoisotopic (exact) mass is 370 g/mol. The highest BCUT2D eigenvalue weighted by Gasteiger charge is 2.29. The third kappa shape index (κ3) is 5.27. The number of benzene rings is 1. The molecule has 1 amide bonds. The number of amides is 1. The summed E-state index contributed by atoms with van der Waals surface area (Å²) >= 11 is 0. The molecule has 8 heteroatoms. The van der Waals surface area contributed by atoms with E-state index < -0.39 is 22.0 Å². The van der Waals surface area contributed by atoms with E-state index in [1.165, 1.54) is 24.3 Å². The first-order valence-corrected chi connectivity index (χ1v) is 9.80. The Hall–Kier alpha value is -1.93. The van der Waals surface area contributed by atoms with E-state index in [0.717, 1.165) is 0 Å². The predicted molar refractivity (Wildman–Crippen MR) is 94.9 cm³/mol. The van der Waals surface area contributed by atoms with Gasteiger partial charge >= 0.3 is 5.97 Å². The zero-order chi connectivity index (χ0) is 19.2. The van der Waals surface area contributed by atoms with Crippen LogP contribution in [0.1, 0.15) is 44.5 Å². The minimum Gasteiger partial charge on any atom is -0.480 e. The summed E-state index contributed by atoms with van der Waals surface area (Å²) < 4.78 is 27.1. The molecule has 0 saturated carbocycles. The Bertz CT molecular complexity index is 696. The van der Waals surface area contributed by atoms with Crippen molar-refractivity contribution in [3.8, 4) is 0 Å². The molecule has 0 saturated heterocycles. The maximum Gasteiger partial charge on any atom is 0.322 e. The first-order valence-electron chi connectivity index (χ1n) is 8.32. The number of rotatable bonds is 9. The van der Waals surface area contributed by atoms with Gasteiger partial charge in [0.25, 0.3) is 5.91 Å². The van der Waals surface area contributed by atoms with Gasteiger partial charge < -0.3 is 10.0 Å². The maximum atomic E-state index is 12.4. The van der Waals surface area contributed by atoms with Crippen LogP contribution in [0.4, 0.5) is 0 Å². The first kappa shape index (κ1) is 21.1. The molecule has 0 fully saturated rings. The lowest BCUT2D eigenvalue weighted by Crippen LogP contribution is -2.44. The molecule has 0 spiro atoms. The molecule has 25 heavy (non-hydrogen) atoms. The molecule has 2 N–H and O–H groups in total. The third-order valence-electron chi connectivity index (χ3n) is 4.22. The number of carboxylic acid groups (broad SMARTS) is 1. The van der Waals surface area contributed by atoms with Gasteiger partial charge in [-0.1, -0.05) is 20.3 Å². The van der Waals surface area contributed by atoms with Crippen molar-refractivity contribution < 1.29 is 23.1 Å². The molecule has 0 aliphatic rings. The van der Waals surface area contributed by atoms with Gasteiger partial charge in [-0.2, -0.15) is 4.72 Å². The molecule has 0 unspecified atom stereocenters. The largest absolute Gasteiger partial charge is 0.480 e. The molecule has 1 aromatic rings. The van der Waals surface area contributed by atoms with Gasteiger partial charge in [0.2, 0.25) is 10.0 Å². The molecular weight excluding hydrogens is 344 g/mol. The predicted octanol–water partition coefficient (Wildman–Crippen LogP) is 1.95. The molecule has 0 heterocycles. The second-order valence-corrected chi connectivity index (χ2v) is 7.54. The summed E-state index contributed by atoms with van der Waals surface area (Å²) in [7, 11) is -3.99. The van der Waals surface area contributed by atoms with E-state index in [2.05, 4.69) is 4.72 Å². The number of sulfonamides is 1. The van der Waals surface area contributed by atoms with Gasteiger partial charge in [0.15, 0.2) is 0 Å². The second-order valence-electron chi connectivity index (χ2n) is 5.82. The van der Waals surface area contributed by atoms with E-state index in [1.54, 1.807) is 18.7 Å².